The maximum absolute atomic E-state index is 11.6. The van der Waals surface area contributed by atoms with Gasteiger partial charge in [-0.15, -0.1) is 0 Å². The summed E-state index contributed by atoms with van der Waals surface area (Å²) in [5.41, 5.74) is 2.23. The number of sulfone groups is 1. The van der Waals surface area contributed by atoms with Crippen LogP contribution in [0.1, 0.15) is 11.1 Å². The minimum atomic E-state index is -3.29. The molecule has 0 unspecified atom stereocenters. The number of benzene rings is 1. The lowest BCUT2D eigenvalue weighted by molar-refractivity contribution is -0.127. The summed E-state index contributed by atoms with van der Waals surface area (Å²) in [6.07, 6.45) is 1.05. The van der Waals surface area contributed by atoms with Crippen molar-refractivity contribution in [3.8, 4) is 5.75 Å². The number of carbonyl (C=O) groups is 1. The second-order valence-electron chi connectivity index (χ2n) is 5.06. The molecular formula is C14H21NO4S. The summed E-state index contributed by atoms with van der Waals surface area (Å²) in [4.78, 5) is 13.0. The lowest BCUT2D eigenvalue weighted by Crippen LogP contribution is -2.35. The minimum Gasteiger partial charge on any atom is -0.492 e. The molecule has 0 aliphatic heterocycles. The largest absolute Gasteiger partial charge is 0.492 e. The van der Waals surface area contributed by atoms with E-state index in [1.54, 1.807) is 7.05 Å². The van der Waals surface area contributed by atoms with Crippen LogP contribution in [0.25, 0.3) is 0 Å². The molecule has 112 valence electrons. The highest BCUT2D eigenvalue weighted by molar-refractivity contribution is 7.91. The predicted molar refractivity (Wildman–Crippen MR) is 78.8 cm³/mol. The van der Waals surface area contributed by atoms with Crippen LogP contribution in [-0.2, 0) is 14.6 Å². The van der Waals surface area contributed by atoms with Crippen LogP contribution < -0.4 is 4.74 Å². The maximum atomic E-state index is 11.6. The third-order valence-electron chi connectivity index (χ3n) is 2.70. The first-order chi connectivity index (χ1) is 9.17. The number of hydrogen-bond donors (Lipinski definition) is 0. The Morgan fingerprint density at radius 1 is 1.20 bits per heavy atom. The molecule has 5 nitrogen and oxygen atoms in total. The molecule has 0 saturated heterocycles. The summed E-state index contributed by atoms with van der Waals surface area (Å²) in [5.74, 6) is -0.129. The average molecular weight is 299 g/mol. The Labute approximate surface area is 120 Å². The Balaban J connectivity index is 2.45. The molecule has 0 N–H and O–H groups in total. The van der Waals surface area contributed by atoms with Crippen molar-refractivity contribution in [2.24, 2.45) is 0 Å². The molecule has 6 heteroatoms. The third-order valence-corrected chi connectivity index (χ3v) is 3.47. The van der Waals surface area contributed by atoms with E-state index in [0.717, 1.165) is 23.1 Å². The molecule has 0 aromatic heterocycles. The molecule has 1 aromatic rings. The van der Waals surface area contributed by atoms with Gasteiger partial charge in [0.1, 0.15) is 18.1 Å². The summed E-state index contributed by atoms with van der Waals surface area (Å²) in [6.45, 7) is 4.65. The summed E-state index contributed by atoms with van der Waals surface area (Å²) >= 11 is 0. The second kappa shape index (κ2) is 6.74. The van der Waals surface area contributed by atoms with Crippen molar-refractivity contribution in [1.29, 1.82) is 0 Å². The monoisotopic (exact) mass is 299 g/mol. The van der Waals surface area contributed by atoms with E-state index in [-0.39, 0.29) is 0 Å². The van der Waals surface area contributed by atoms with Gasteiger partial charge < -0.3 is 9.64 Å². The summed E-state index contributed by atoms with van der Waals surface area (Å²) < 4.78 is 27.7. The average Bonchev–Trinajstić information content (AvgIpc) is 2.25. The Bertz CT molecular complexity index is 561. The number of hydrogen-bond acceptors (Lipinski definition) is 4. The highest BCUT2D eigenvalue weighted by Gasteiger charge is 2.15. The molecule has 0 fully saturated rings. The number of carbonyl (C=O) groups excluding carboxylic acids is 1. The van der Waals surface area contributed by atoms with Crippen molar-refractivity contribution < 1.29 is 17.9 Å². The van der Waals surface area contributed by atoms with Gasteiger partial charge in [0.15, 0.2) is 9.84 Å². The molecule has 0 spiro atoms. The molecule has 1 amide bonds. The van der Waals surface area contributed by atoms with Crippen molar-refractivity contribution in [3.05, 3.63) is 29.3 Å². The standard InChI is InChI=1S/C14H21NO4S/c1-11-7-12(2)9-13(8-11)19-6-5-15(3)14(16)10-20(4,17)18/h7-9H,5-6,10H2,1-4H3. The number of amides is 1. The van der Waals surface area contributed by atoms with E-state index in [9.17, 15) is 13.2 Å². The van der Waals surface area contributed by atoms with Gasteiger partial charge in [0.05, 0.1) is 6.54 Å². The van der Waals surface area contributed by atoms with Gasteiger partial charge in [0, 0.05) is 13.3 Å². The van der Waals surface area contributed by atoms with E-state index in [2.05, 4.69) is 6.07 Å². The molecule has 0 atom stereocenters. The summed E-state index contributed by atoms with van der Waals surface area (Å²) in [6, 6.07) is 5.89. The smallest absolute Gasteiger partial charge is 0.237 e. The first kappa shape index (κ1) is 16.5. The molecule has 0 aliphatic carbocycles. The highest BCUT2D eigenvalue weighted by atomic mass is 32.2. The predicted octanol–water partition coefficient (Wildman–Crippen LogP) is 1.19. The SMILES string of the molecule is Cc1cc(C)cc(OCCN(C)C(=O)CS(C)(=O)=O)c1. The molecule has 0 aliphatic rings. The quantitative estimate of drug-likeness (QED) is 0.791. The topological polar surface area (TPSA) is 63.7 Å². The first-order valence-corrected chi connectivity index (χ1v) is 8.36. The molecule has 1 aromatic carbocycles. The lowest BCUT2D eigenvalue weighted by Gasteiger charge is -2.17. The van der Waals surface area contributed by atoms with Crippen LogP contribution in [0, 0.1) is 13.8 Å². The number of rotatable bonds is 6. The normalized spacial score (nSPS) is 11.2. The number of aryl methyl sites for hydroxylation is 2. The molecule has 1 rings (SSSR count). The van der Waals surface area contributed by atoms with E-state index >= 15 is 0 Å². The van der Waals surface area contributed by atoms with Crippen LogP contribution >= 0.6 is 0 Å². The third kappa shape index (κ3) is 6.06. The van der Waals surface area contributed by atoms with Gasteiger partial charge >= 0.3 is 0 Å². The van der Waals surface area contributed by atoms with E-state index in [0.29, 0.717) is 13.2 Å². The van der Waals surface area contributed by atoms with Gasteiger partial charge in [0.2, 0.25) is 5.91 Å². The van der Waals surface area contributed by atoms with Gasteiger partial charge in [-0.3, -0.25) is 4.79 Å². The Kier molecular flexibility index (Phi) is 5.56. The van der Waals surface area contributed by atoms with Crippen LogP contribution in [0.2, 0.25) is 0 Å². The fourth-order valence-electron chi connectivity index (χ4n) is 1.78. The Morgan fingerprint density at radius 3 is 2.25 bits per heavy atom. The first-order valence-electron chi connectivity index (χ1n) is 6.30. The Hall–Kier alpha value is -1.56. The van der Waals surface area contributed by atoms with Crippen molar-refractivity contribution >= 4 is 15.7 Å². The zero-order chi connectivity index (χ0) is 15.3. The zero-order valence-electron chi connectivity index (χ0n) is 12.3. The van der Waals surface area contributed by atoms with Gasteiger partial charge in [-0.05, 0) is 37.1 Å². The van der Waals surface area contributed by atoms with Crippen LogP contribution in [0.3, 0.4) is 0 Å². The van der Waals surface area contributed by atoms with E-state index in [4.69, 9.17) is 4.74 Å². The molecule has 0 radical (unpaired) electrons. The van der Waals surface area contributed by atoms with Crippen LogP contribution in [-0.4, -0.2) is 51.4 Å². The molecule has 20 heavy (non-hydrogen) atoms. The van der Waals surface area contributed by atoms with Gasteiger partial charge in [-0.1, -0.05) is 6.07 Å². The lowest BCUT2D eigenvalue weighted by atomic mass is 10.1. The molecular weight excluding hydrogens is 278 g/mol. The number of likely N-dealkylation sites (N-methyl/N-ethyl adjacent to an activating group) is 1. The number of nitrogens with zero attached hydrogens (tertiary/aromatic N) is 1. The molecule has 0 bridgehead atoms. The molecule has 0 saturated carbocycles. The van der Waals surface area contributed by atoms with Gasteiger partial charge in [0.25, 0.3) is 0 Å². The van der Waals surface area contributed by atoms with E-state index < -0.39 is 21.5 Å². The Morgan fingerprint density at radius 2 is 1.75 bits per heavy atom. The zero-order valence-corrected chi connectivity index (χ0v) is 13.2. The molecule has 0 heterocycles. The van der Waals surface area contributed by atoms with Crippen LogP contribution in [0.15, 0.2) is 18.2 Å². The van der Waals surface area contributed by atoms with Crippen molar-refractivity contribution in [1.82, 2.24) is 4.90 Å². The van der Waals surface area contributed by atoms with Crippen molar-refractivity contribution in [3.63, 3.8) is 0 Å². The number of ether oxygens (including phenoxy) is 1. The van der Waals surface area contributed by atoms with Gasteiger partial charge in [-0.2, -0.15) is 0 Å². The second-order valence-corrected chi connectivity index (χ2v) is 7.20. The highest BCUT2D eigenvalue weighted by Crippen LogP contribution is 2.15. The van der Waals surface area contributed by atoms with Gasteiger partial charge in [-0.25, -0.2) is 8.42 Å². The fraction of sp³-hybridized carbons (Fsp3) is 0.500. The summed E-state index contributed by atoms with van der Waals surface area (Å²) in [7, 11) is -1.72. The van der Waals surface area contributed by atoms with Crippen molar-refractivity contribution in [2.75, 3.05) is 32.2 Å². The fourth-order valence-corrected chi connectivity index (χ4v) is 2.44. The summed E-state index contributed by atoms with van der Waals surface area (Å²) in [5, 5.41) is 0. The minimum absolute atomic E-state index is 0.328. The van der Waals surface area contributed by atoms with E-state index in [1.807, 2.05) is 26.0 Å². The van der Waals surface area contributed by atoms with E-state index in [1.165, 1.54) is 4.90 Å². The van der Waals surface area contributed by atoms with Crippen LogP contribution in [0.5, 0.6) is 5.75 Å². The van der Waals surface area contributed by atoms with Crippen molar-refractivity contribution in [2.45, 2.75) is 13.8 Å². The maximum Gasteiger partial charge on any atom is 0.237 e. The van der Waals surface area contributed by atoms with Crippen LogP contribution in [0.4, 0.5) is 0 Å².